The highest BCUT2D eigenvalue weighted by Crippen LogP contribution is 2.40. The van der Waals surface area contributed by atoms with Crippen molar-refractivity contribution in [2.75, 3.05) is 5.75 Å². The third-order valence-corrected chi connectivity index (χ3v) is 6.08. The van der Waals surface area contributed by atoms with Crippen LogP contribution in [0.2, 0.25) is 0 Å². The standard InChI is InChI=1S/C16H20N4O2S2/c1-8-4-5-11-12(6-8)24-16-14(11)15(17-9(2)18-16)23-7-13(22)20-19-10(3)21/h8H,4-7H2,1-3H3,(H,19,21)(H,20,22)/t8-/m1/s1. The summed E-state index contributed by atoms with van der Waals surface area (Å²) in [6.07, 6.45) is 3.33. The van der Waals surface area contributed by atoms with Crippen LogP contribution >= 0.6 is 23.1 Å². The van der Waals surface area contributed by atoms with E-state index in [2.05, 4.69) is 27.7 Å². The molecule has 128 valence electrons. The van der Waals surface area contributed by atoms with Gasteiger partial charge in [-0.2, -0.15) is 0 Å². The Kier molecular flexibility index (Phi) is 5.05. The molecule has 0 unspecified atom stereocenters. The second-order valence-corrected chi connectivity index (χ2v) is 8.17. The van der Waals surface area contributed by atoms with E-state index in [4.69, 9.17) is 0 Å². The number of aryl methyl sites for hydroxylation is 2. The van der Waals surface area contributed by atoms with Gasteiger partial charge in [0, 0.05) is 17.2 Å². The van der Waals surface area contributed by atoms with Gasteiger partial charge in [-0.1, -0.05) is 18.7 Å². The summed E-state index contributed by atoms with van der Waals surface area (Å²) in [6.45, 7) is 5.51. The van der Waals surface area contributed by atoms with Crippen LogP contribution in [-0.2, 0) is 22.4 Å². The molecular weight excluding hydrogens is 344 g/mol. The fourth-order valence-corrected chi connectivity index (χ4v) is 5.24. The monoisotopic (exact) mass is 364 g/mol. The van der Waals surface area contributed by atoms with Crippen molar-refractivity contribution in [3.63, 3.8) is 0 Å². The van der Waals surface area contributed by atoms with Crippen LogP contribution in [0, 0.1) is 12.8 Å². The van der Waals surface area contributed by atoms with Crippen LogP contribution in [-0.4, -0.2) is 27.5 Å². The predicted octanol–water partition coefficient (Wildman–Crippen LogP) is 2.38. The molecule has 0 aromatic carbocycles. The number of amides is 2. The molecule has 24 heavy (non-hydrogen) atoms. The van der Waals surface area contributed by atoms with Crippen LogP contribution < -0.4 is 10.9 Å². The average Bonchev–Trinajstić information content (AvgIpc) is 2.87. The quantitative estimate of drug-likeness (QED) is 0.496. The minimum Gasteiger partial charge on any atom is -0.274 e. The van der Waals surface area contributed by atoms with E-state index in [0.29, 0.717) is 5.92 Å². The SMILES string of the molecule is CC(=O)NNC(=O)CSc1nc(C)nc2sc3c(c12)CC[C@@H](C)C3. The van der Waals surface area contributed by atoms with Gasteiger partial charge in [0.2, 0.25) is 11.8 Å². The highest BCUT2D eigenvalue weighted by molar-refractivity contribution is 8.00. The molecule has 0 saturated carbocycles. The highest BCUT2D eigenvalue weighted by Gasteiger charge is 2.24. The van der Waals surface area contributed by atoms with E-state index in [1.54, 1.807) is 11.3 Å². The van der Waals surface area contributed by atoms with E-state index >= 15 is 0 Å². The van der Waals surface area contributed by atoms with Gasteiger partial charge in [-0.05, 0) is 37.7 Å². The van der Waals surface area contributed by atoms with Crippen molar-refractivity contribution in [1.29, 1.82) is 0 Å². The normalized spacial score (nSPS) is 16.7. The first-order valence-electron chi connectivity index (χ1n) is 7.91. The number of aromatic nitrogens is 2. The summed E-state index contributed by atoms with van der Waals surface area (Å²) in [6, 6.07) is 0. The second kappa shape index (κ2) is 7.06. The van der Waals surface area contributed by atoms with Crippen LogP contribution in [0.15, 0.2) is 5.03 Å². The molecule has 0 saturated heterocycles. The Labute approximate surface area is 148 Å². The van der Waals surface area contributed by atoms with E-state index in [1.165, 1.54) is 35.5 Å². The number of hydrogen-bond acceptors (Lipinski definition) is 6. The summed E-state index contributed by atoms with van der Waals surface area (Å²) >= 11 is 3.15. The van der Waals surface area contributed by atoms with E-state index in [1.807, 2.05) is 6.92 Å². The van der Waals surface area contributed by atoms with Crippen molar-refractivity contribution >= 4 is 45.1 Å². The molecule has 3 rings (SSSR count). The van der Waals surface area contributed by atoms with Crippen LogP contribution in [0.3, 0.4) is 0 Å². The molecule has 2 aromatic rings. The first-order chi connectivity index (χ1) is 11.4. The Morgan fingerprint density at radius 3 is 2.88 bits per heavy atom. The van der Waals surface area contributed by atoms with Crippen molar-refractivity contribution in [2.45, 2.75) is 45.1 Å². The largest absolute Gasteiger partial charge is 0.274 e. The van der Waals surface area contributed by atoms with Crippen LogP contribution in [0.1, 0.15) is 36.5 Å². The highest BCUT2D eigenvalue weighted by atomic mass is 32.2. The number of fused-ring (bicyclic) bond motifs is 3. The summed E-state index contributed by atoms with van der Waals surface area (Å²) in [7, 11) is 0. The lowest BCUT2D eigenvalue weighted by Crippen LogP contribution is -2.41. The lowest BCUT2D eigenvalue weighted by Gasteiger charge is -2.18. The average molecular weight is 364 g/mol. The first kappa shape index (κ1) is 17.2. The fourth-order valence-electron chi connectivity index (χ4n) is 2.84. The molecule has 2 aromatic heterocycles. The van der Waals surface area contributed by atoms with Crippen molar-refractivity contribution < 1.29 is 9.59 Å². The maximum absolute atomic E-state index is 11.8. The topological polar surface area (TPSA) is 84.0 Å². The number of rotatable bonds is 3. The van der Waals surface area contributed by atoms with E-state index in [-0.39, 0.29) is 17.6 Å². The summed E-state index contributed by atoms with van der Waals surface area (Å²) < 4.78 is 0. The number of nitrogens with zero attached hydrogens (tertiary/aromatic N) is 2. The first-order valence-corrected chi connectivity index (χ1v) is 9.71. The molecule has 0 spiro atoms. The molecular formula is C16H20N4O2S2. The number of carbonyl (C=O) groups excluding carboxylic acids is 2. The van der Waals surface area contributed by atoms with Gasteiger partial charge < -0.3 is 0 Å². The summed E-state index contributed by atoms with van der Waals surface area (Å²) in [5, 5.41) is 1.98. The van der Waals surface area contributed by atoms with Gasteiger partial charge in [0.1, 0.15) is 15.7 Å². The molecule has 8 heteroatoms. The lowest BCUT2D eigenvalue weighted by molar-refractivity contribution is -0.126. The summed E-state index contributed by atoms with van der Waals surface area (Å²) in [4.78, 5) is 34.2. The molecule has 1 aliphatic rings. The maximum atomic E-state index is 11.8. The molecule has 2 N–H and O–H groups in total. The zero-order valence-electron chi connectivity index (χ0n) is 13.9. The Hall–Kier alpha value is -1.67. The summed E-state index contributed by atoms with van der Waals surface area (Å²) in [5.41, 5.74) is 6.03. The molecule has 2 heterocycles. The van der Waals surface area contributed by atoms with Gasteiger partial charge >= 0.3 is 0 Å². The smallest absolute Gasteiger partial charge is 0.248 e. The van der Waals surface area contributed by atoms with Crippen LogP contribution in [0.25, 0.3) is 10.2 Å². The van der Waals surface area contributed by atoms with Crippen molar-refractivity contribution in [2.24, 2.45) is 5.92 Å². The number of thiophene rings is 1. The summed E-state index contributed by atoms with van der Waals surface area (Å²) in [5.74, 6) is 1.08. The second-order valence-electron chi connectivity index (χ2n) is 6.13. The Morgan fingerprint density at radius 1 is 1.33 bits per heavy atom. The zero-order valence-corrected chi connectivity index (χ0v) is 15.6. The molecule has 0 bridgehead atoms. The Morgan fingerprint density at radius 2 is 2.12 bits per heavy atom. The minimum atomic E-state index is -0.297. The molecule has 0 radical (unpaired) electrons. The number of nitrogens with one attached hydrogen (secondary N) is 2. The third-order valence-electron chi connectivity index (χ3n) is 3.95. The van der Waals surface area contributed by atoms with E-state index in [0.717, 1.165) is 33.9 Å². The Bertz CT molecular complexity index is 803. The van der Waals surface area contributed by atoms with Crippen molar-refractivity contribution in [3.05, 3.63) is 16.3 Å². The van der Waals surface area contributed by atoms with Crippen LogP contribution in [0.4, 0.5) is 0 Å². The number of hydrazine groups is 1. The van der Waals surface area contributed by atoms with Gasteiger partial charge in [-0.3, -0.25) is 20.4 Å². The van der Waals surface area contributed by atoms with Gasteiger partial charge in [0.15, 0.2) is 0 Å². The Balaban J connectivity index is 1.84. The van der Waals surface area contributed by atoms with Gasteiger partial charge in [0.25, 0.3) is 0 Å². The van der Waals surface area contributed by atoms with E-state index in [9.17, 15) is 9.59 Å². The third kappa shape index (κ3) is 3.70. The molecule has 1 aliphatic carbocycles. The zero-order chi connectivity index (χ0) is 17.3. The number of thioether (sulfide) groups is 1. The number of hydrogen-bond donors (Lipinski definition) is 2. The van der Waals surface area contributed by atoms with Crippen LogP contribution in [0.5, 0.6) is 0 Å². The van der Waals surface area contributed by atoms with Crippen molar-refractivity contribution in [1.82, 2.24) is 20.8 Å². The van der Waals surface area contributed by atoms with Crippen molar-refractivity contribution in [3.8, 4) is 0 Å². The maximum Gasteiger partial charge on any atom is 0.248 e. The van der Waals surface area contributed by atoms with Gasteiger partial charge in [-0.15, -0.1) is 11.3 Å². The fraction of sp³-hybridized carbons (Fsp3) is 0.500. The molecule has 0 aliphatic heterocycles. The molecule has 6 nitrogen and oxygen atoms in total. The minimum absolute atomic E-state index is 0.201. The van der Waals surface area contributed by atoms with Gasteiger partial charge in [-0.25, -0.2) is 9.97 Å². The molecule has 0 fully saturated rings. The van der Waals surface area contributed by atoms with Gasteiger partial charge in [0.05, 0.1) is 5.75 Å². The molecule has 2 amide bonds. The number of carbonyl (C=O) groups is 2. The predicted molar refractivity (Wildman–Crippen MR) is 96.0 cm³/mol. The lowest BCUT2D eigenvalue weighted by atomic mass is 9.89. The van der Waals surface area contributed by atoms with E-state index < -0.39 is 0 Å². The molecule has 1 atom stereocenters.